The number of carbonyl (C=O) groups is 1. The average Bonchev–Trinajstić information content (AvgIpc) is 2.83. The number of aliphatic carboxylic acids is 1. The Hall–Kier alpha value is -3.95. The molecule has 0 spiro atoms. The minimum absolute atomic E-state index is 0.117. The van der Waals surface area contributed by atoms with Crippen molar-refractivity contribution in [2.45, 2.75) is 32.2 Å². The van der Waals surface area contributed by atoms with Crippen LogP contribution in [0.2, 0.25) is 0 Å². The molecular weight excluding hydrogens is 436 g/mol. The van der Waals surface area contributed by atoms with Crippen molar-refractivity contribution in [3.8, 4) is 22.9 Å². The number of anilines is 2. The largest absolute Gasteiger partial charge is 0.496 e. The van der Waals surface area contributed by atoms with Crippen LogP contribution in [0.15, 0.2) is 36.8 Å². The van der Waals surface area contributed by atoms with Crippen LogP contribution in [0.3, 0.4) is 0 Å². The molecule has 0 radical (unpaired) electrons. The predicted molar refractivity (Wildman–Crippen MR) is 130 cm³/mol. The van der Waals surface area contributed by atoms with Crippen molar-refractivity contribution < 1.29 is 19.4 Å². The van der Waals surface area contributed by atoms with Crippen molar-refractivity contribution >= 4 is 17.7 Å². The van der Waals surface area contributed by atoms with E-state index in [1.165, 1.54) is 0 Å². The maximum Gasteiger partial charge on any atom is 0.326 e. The molecule has 34 heavy (non-hydrogen) atoms. The van der Waals surface area contributed by atoms with Gasteiger partial charge in [0.25, 0.3) is 0 Å². The molecule has 10 heteroatoms. The molecule has 0 amide bonds. The fourth-order valence-electron chi connectivity index (χ4n) is 3.40. The van der Waals surface area contributed by atoms with Gasteiger partial charge in [0.1, 0.15) is 28.9 Å². The van der Waals surface area contributed by atoms with Gasteiger partial charge in [0.15, 0.2) is 5.82 Å². The van der Waals surface area contributed by atoms with Crippen molar-refractivity contribution in [3.05, 3.63) is 47.9 Å². The van der Waals surface area contributed by atoms with Crippen molar-refractivity contribution in [1.82, 2.24) is 19.9 Å². The van der Waals surface area contributed by atoms with E-state index in [-0.39, 0.29) is 12.3 Å². The quantitative estimate of drug-likeness (QED) is 0.460. The number of rotatable bonds is 10. The summed E-state index contributed by atoms with van der Waals surface area (Å²) in [5, 5.41) is 13.0. The van der Waals surface area contributed by atoms with E-state index in [0.717, 1.165) is 5.56 Å². The normalized spacial score (nSPS) is 11.7. The first-order valence-electron chi connectivity index (χ1n) is 10.8. The van der Waals surface area contributed by atoms with Crippen LogP contribution in [0.25, 0.3) is 11.4 Å². The molecule has 180 valence electrons. The lowest BCUT2D eigenvalue weighted by molar-refractivity contribution is -0.137. The van der Waals surface area contributed by atoms with Crippen LogP contribution in [0.5, 0.6) is 11.5 Å². The molecule has 2 heterocycles. The number of nitrogens with zero attached hydrogens (tertiary/aromatic N) is 5. The summed E-state index contributed by atoms with van der Waals surface area (Å²) in [4.78, 5) is 31.6. The first kappa shape index (κ1) is 24.7. The molecule has 1 atom stereocenters. The number of carboxylic acids is 1. The van der Waals surface area contributed by atoms with E-state index in [9.17, 15) is 9.90 Å². The van der Waals surface area contributed by atoms with Gasteiger partial charge in [0.05, 0.1) is 14.2 Å². The highest BCUT2D eigenvalue weighted by molar-refractivity contribution is 5.78. The minimum Gasteiger partial charge on any atom is -0.496 e. The molecule has 0 saturated carbocycles. The molecule has 2 aromatic heterocycles. The smallest absolute Gasteiger partial charge is 0.326 e. The summed E-state index contributed by atoms with van der Waals surface area (Å²) in [7, 11) is 6.79. The molecule has 0 fully saturated rings. The second-order valence-electron chi connectivity index (χ2n) is 8.21. The number of carboxylic acid groups (broad SMARTS) is 1. The van der Waals surface area contributed by atoms with Crippen LogP contribution >= 0.6 is 0 Å². The number of benzene rings is 1. The summed E-state index contributed by atoms with van der Waals surface area (Å²) >= 11 is 0. The van der Waals surface area contributed by atoms with E-state index in [0.29, 0.717) is 40.2 Å². The van der Waals surface area contributed by atoms with Crippen molar-refractivity contribution in [2.24, 2.45) is 0 Å². The Morgan fingerprint density at radius 2 is 1.68 bits per heavy atom. The Kier molecular flexibility index (Phi) is 7.83. The summed E-state index contributed by atoms with van der Waals surface area (Å²) in [6.07, 6.45) is 5.12. The van der Waals surface area contributed by atoms with E-state index in [1.54, 1.807) is 49.8 Å². The third-order valence-corrected chi connectivity index (χ3v) is 5.23. The Bertz CT molecular complexity index is 1110. The fourth-order valence-corrected chi connectivity index (χ4v) is 3.40. The van der Waals surface area contributed by atoms with Gasteiger partial charge in [-0.25, -0.2) is 19.7 Å². The third-order valence-electron chi connectivity index (χ3n) is 5.23. The van der Waals surface area contributed by atoms with E-state index in [2.05, 4.69) is 25.3 Å². The predicted octanol–water partition coefficient (Wildman–Crippen LogP) is 3.25. The number of aromatic nitrogens is 4. The summed E-state index contributed by atoms with van der Waals surface area (Å²) in [5.74, 6) is 1.69. The average molecular weight is 467 g/mol. The highest BCUT2D eigenvalue weighted by Crippen LogP contribution is 2.36. The molecule has 3 aromatic rings. The van der Waals surface area contributed by atoms with Gasteiger partial charge in [-0.15, -0.1) is 0 Å². The SMILES string of the molecule is COc1cccc(OC)c1-c1ncc(C[C@H](Nc2nc(N(C)C)ncc2C(C)C)C(=O)O)cn1. The summed E-state index contributed by atoms with van der Waals surface area (Å²) in [6, 6.07) is 4.49. The van der Waals surface area contributed by atoms with Crippen molar-refractivity contribution in [3.63, 3.8) is 0 Å². The summed E-state index contributed by atoms with van der Waals surface area (Å²) < 4.78 is 10.9. The molecular formula is C24H30N6O4. The van der Waals surface area contributed by atoms with E-state index in [4.69, 9.17) is 9.47 Å². The molecule has 0 aliphatic rings. The number of methoxy groups -OCH3 is 2. The van der Waals surface area contributed by atoms with Gasteiger partial charge in [-0.2, -0.15) is 4.98 Å². The van der Waals surface area contributed by atoms with Gasteiger partial charge in [0, 0.05) is 44.7 Å². The molecule has 0 saturated heterocycles. The zero-order chi connectivity index (χ0) is 24.8. The summed E-state index contributed by atoms with van der Waals surface area (Å²) in [6.45, 7) is 4.02. The third kappa shape index (κ3) is 5.51. The molecule has 0 aliphatic heterocycles. The van der Waals surface area contributed by atoms with E-state index in [1.807, 2.05) is 34.0 Å². The molecule has 1 aromatic carbocycles. The lowest BCUT2D eigenvalue weighted by atomic mass is 10.0. The van der Waals surface area contributed by atoms with Crippen LogP contribution in [0, 0.1) is 0 Å². The van der Waals surface area contributed by atoms with Gasteiger partial charge >= 0.3 is 5.97 Å². The maximum absolute atomic E-state index is 12.1. The fraction of sp³-hybridized carbons (Fsp3) is 0.375. The summed E-state index contributed by atoms with van der Waals surface area (Å²) in [5.41, 5.74) is 2.13. The van der Waals surface area contributed by atoms with E-state index < -0.39 is 12.0 Å². The molecule has 0 aliphatic carbocycles. The lowest BCUT2D eigenvalue weighted by Gasteiger charge is -2.20. The van der Waals surface area contributed by atoms with Gasteiger partial charge in [-0.1, -0.05) is 19.9 Å². The van der Waals surface area contributed by atoms with Gasteiger partial charge < -0.3 is 24.8 Å². The van der Waals surface area contributed by atoms with Crippen LogP contribution in [-0.2, 0) is 11.2 Å². The highest BCUT2D eigenvalue weighted by Gasteiger charge is 2.23. The Morgan fingerprint density at radius 3 is 2.18 bits per heavy atom. The highest BCUT2D eigenvalue weighted by atomic mass is 16.5. The monoisotopic (exact) mass is 466 g/mol. The van der Waals surface area contributed by atoms with Crippen LogP contribution in [0.1, 0.15) is 30.9 Å². The van der Waals surface area contributed by atoms with Gasteiger partial charge in [0.2, 0.25) is 5.95 Å². The van der Waals surface area contributed by atoms with Gasteiger partial charge in [-0.3, -0.25) is 0 Å². The number of ether oxygens (including phenoxy) is 2. The Balaban J connectivity index is 1.87. The van der Waals surface area contributed by atoms with Crippen molar-refractivity contribution in [1.29, 1.82) is 0 Å². The molecule has 0 bridgehead atoms. The maximum atomic E-state index is 12.1. The van der Waals surface area contributed by atoms with Crippen LogP contribution in [0.4, 0.5) is 11.8 Å². The van der Waals surface area contributed by atoms with Crippen LogP contribution in [-0.4, -0.2) is 65.4 Å². The second-order valence-corrected chi connectivity index (χ2v) is 8.21. The molecule has 10 nitrogen and oxygen atoms in total. The van der Waals surface area contributed by atoms with E-state index >= 15 is 0 Å². The molecule has 0 unspecified atom stereocenters. The Labute approximate surface area is 199 Å². The zero-order valence-electron chi connectivity index (χ0n) is 20.2. The first-order valence-corrected chi connectivity index (χ1v) is 10.8. The number of hydrogen-bond acceptors (Lipinski definition) is 9. The van der Waals surface area contributed by atoms with Gasteiger partial charge in [-0.05, 0) is 23.6 Å². The lowest BCUT2D eigenvalue weighted by Crippen LogP contribution is -2.33. The second kappa shape index (κ2) is 10.8. The Morgan fingerprint density at radius 1 is 1.06 bits per heavy atom. The molecule has 3 rings (SSSR count). The van der Waals surface area contributed by atoms with Crippen LogP contribution < -0.4 is 19.7 Å². The number of nitrogens with one attached hydrogen (secondary N) is 1. The molecule has 2 N–H and O–H groups in total. The zero-order valence-corrected chi connectivity index (χ0v) is 20.2. The standard InChI is InChI=1S/C24H30N6O4/c1-14(2)16-13-27-24(30(3)4)29-21(16)28-17(23(31)32)10-15-11-25-22(26-12-15)20-18(33-5)8-7-9-19(20)34-6/h7-9,11-14,17H,10H2,1-6H3,(H,31,32)(H,27,28,29)/t17-/m0/s1. The topological polar surface area (TPSA) is 123 Å². The number of hydrogen-bond donors (Lipinski definition) is 2. The van der Waals surface area contributed by atoms with Crippen molar-refractivity contribution in [2.75, 3.05) is 38.5 Å². The first-order chi connectivity index (χ1) is 16.2. The minimum atomic E-state index is -1.00.